The molecule has 0 saturated heterocycles. The Morgan fingerprint density at radius 1 is 1.10 bits per heavy atom. The van der Waals surface area contributed by atoms with Gasteiger partial charge in [0.05, 0.1) is 10.7 Å². The Labute approximate surface area is 127 Å². The van der Waals surface area contributed by atoms with Gasteiger partial charge in [-0.05, 0) is 55.7 Å². The Hall–Kier alpha value is -0.890. The highest BCUT2D eigenvalue weighted by Gasteiger charge is 2.34. The van der Waals surface area contributed by atoms with Gasteiger partial charge in [-0.1, -0.05) is 24.4 Å². The minimum atomic E-state index is 0.635. The van der Waals surface area contributed by atoms with Gasteiger partial charge in [-0.3, -0.25) is 0 Å². The van der Waals surface area contributed by atoms with Gasteiger partial charge in [0.2, 0.25) is 0 Å². The summed E-state index contributed by atoms with van der Waals surface area (Å²) < 4.78 is 0. The maximum atomic E-state index is 6.35. The molecule has 0 heterocycles. The van der Waals surface area contributed by atoms with Crippen molar-refractivity contribution in [3.05, 3.63) is 23.2 Å². The zero-order valence-electron chi connectivity index (χ0n) is 12.5. The summed E-state index contributed by atoms with van der Waals surface area (Å²) >= 11 is 6.35. The number of halogens is 1. The number of nitrogens with one attached hydrogen (secondary N) is 1. The van der Waals surface area contributed by atoms with Crippen LogP contribution in [-0.2, 0) is 0 Å². The summed E-state index contributed by atoms with van der Waals surface area (Å²) in [5, 5.41) is 4.53. The van der Waals surface area contributed by atoms with Crippen LogP contribution in [0, 0.1) is 11.8 Å². The van der Waals surface area contributed by atoms with E-state index < -0.39 is 0 Å². The lowest BCUT2D eigenvalue weighted by Gasteiger charge is -2.30. The first-order chi connectivity index (χ1) is 9.63. The van der Waals surface area contributed by atoms with Crippen molar-refractivity contribution in [3.63, 3.8) is 0 Å². The van der Waals surface area contributed by atoms with Gasteiger partial charge in [-0.2, -0.15) is 0 Å². The lowest BCUT2D eigenvalue weighted by molar-refractivity contribution is 0.303. The number of anilines is 2. The molecule has 2 aliphatic carbocycles. The van der Waals surface area contributed by atoms with Crippen molar-refractivity contribution in [1.29, 1.82) is 0 Å². The van der Waals surface area contributed by atoms with E-state index in [0.717, 1.165) is 22.5 Å². The van der Waals surface area contributed by atoms with Gasteiger partial charge < -0.3 is 10.2 Å². The fourth-order valence-electron chi connectivity index (χ4n) is 3.55. The maximum Gasteiger partial charge on any atom is 0.0659 e. The lowest BCUT2D eigenvalue weighted by Crippen LogP contribution is -2.28. The quantitative estimate of drug-likeness (QED) is 0.858. The first-order valence-electron chi connectivity index (χ1n) is 7.87. The van der Waals surface area contributed by atoms with Crippen LogP contribution >= 0.6 is 11.6 Å². The summed E-state index contributed by atoms with van der Waals surface area (Å²) in [6, 6.07) is 6.96. The van der Waals surface area contributed by atoms with Crippen molar-refractivity contribution in [2.75, 3.05) is 24.3 Å². The molecular formula is C17H25ClN2. The minimum absolute atomic E-state index is 0.635. The Bertz CT molecular complexity index is 468. The van der Waals surface area contributed by atoms with Crippen LogP contribution in [0.4, 0.5) is 11.4 Å². The molecule has 2 unspecified atom stereocenters. The summed E-state index contributed by atoms with van der Waals surface area (Å²) in [7, 11) is 4.05. The molecular weight excluding hydrogens is 268 g/mol. The summed E-state index contributed by atoms with van der Waals surface area (Å²) in [4.78, 5) is 2.05. The number of rotatable bonds is 4. The summed E-state index contributed by atoms with van der Waals surface area (Å²) in [6.07, 6.45) is 8.42. The molecule has 110 valence electrons. The highest BCUT2D eigenvalue weighted by Crippen LogP contribution is 2.44. The fourth-order valence-corrected chi connectivity index (χ4v) is 3.90. The number of nitrogens with zero attached hydrogens (tertiary/aromatic N) is 1. The first kappa shape index (κ1) is 14.1. The minimum Gasteiger partial charge on any atom is -0.382 e. The molecule has 3 rings (SSSR count). The molecule has 3 heteroatoms. The molecule has 0 aromatic heterocycles. The van der Waals surface area contributed by atoms with Crippen LogP contribution in [0.5, 0.6) is 0 Å². The summed E-state index contributed by atoms with van der Waals surface area (Å²) in [5.41, 5.74) is 2.25. The molecule has 1 N–H and O–H groups in total. The van der Waals surface area contributed by atoms with Gasteiger partial charge in [-0.25, -0.2) is 0 Å². The van der Waals surface area contributed by atoms with E-state index >= 15 is 0 Å². The van der Waals surface area contributed by atoms with Gasteiger partial charge in [-0.15, -0.1) is 0 Å². The molecule has 0 radical (unpaired) electrons. The van der Waals surface area contributed by atoms with E-state index in [1.54, 1.807) is 0 Å². The monoisotopic (exact) mass is 292 g/mol. The molecule has 0 aliphatic heterocycles. The highest BCUT2D eigenvalue weighted by atomic mass is 35.5. The fraction of sp³-hybridized carbons (Fsp3) is 0.647. The largest absolute Gasteiger partial charge is 0.382 e. The second-order valence-corrected chi connectivity index (χ2v) is 7.07. The molecule has 1 aromatic rings. The second kappa shape index (κ2) is 5.85. The Kier molecular flexibility index (Phi) is 4.11. The van der Waals surface area contributed by atoms with Crippen LogP contribution in [0.15, 0.2) is 18.2 Å². The van der Waals surface area contributed by atoms with Gasteiger partial charge in [0.15, 0.2) is 0 Å². The van der Waals surface area contributed by atoms with Crippen LogP contribution in [-0.4, -0.2) is 20.1 Å². The van der Waals surface area contributed by atoms with Crippen molar-refractivity contribution >= 4 is 23.0 Å². The molecule has 2 saturated carbocycles. The zero-order valence-corrected chi connectivity index (χ0v) is 13.3. The smallest absolute Gasteiger partial charge is 0.0659 e. The van der Waals surface area contributed by atoms with E-state index in [0.29, 0.717) is 6.04 Å². The molecule has 0 amide bonds. The van der Waals surface area contributed by atoms with Crippen LogP contribution in [0.25, 0.3) is 0 Å². The lowest BCUT2D eigenvalue weighted by atomic mass is 9.82. The predicted octanol–water partition coefficient (Wildman–Crippen LogP) is 4.79. The summed E-state index contributed by atoms with van der Waals surface area (Å²) in [5.74, 6) is 2.01. The van der Waals surface area contributed by atoms with Crippen molar-refractivity contribution in [2.24, 2.45) is 11.8 Å². The molecule has 0 spiro atoms. The van der Waals surface area contributed by atoms with Crippen molar-refractivity contribution < 1.29 is 0 Å². The molecule has 2 fully saturated rings. The Morgan fingerprint density at radius 2 is 1.90 bits per heavy atom. The van der Waals surface area contributed by atoms with Crippen LogP contribution in [0.2, 0.25) is 5.02 Å². The molecule has 20 heavy (non-hydrogen) atoms. The van der Waals surface area contributed by atoms with E-state index in [-0.39, 0.29) is 0 Å². The number of benzene rings is 1. The molecule has 2 atom stereocenters. The van der Waals surface area contributed by atoms with Gasteiger partial charge in [0, 0.05) is 25.8 Å². The van der Waals surface area contributed by atoms with Crippen LogP contribution in [0.1, 0.15) is 38.5 Å². The predicted molar refractivity (Wildman–Crippen MR) is 87.9 cm³/mol. The highest BCUT2D eigenvalue weighted by molar-refractivity contribution is 6.33. The number of hydrogen-bond donors (Lipinski definition) is 1. The second-order valence-electron chi connectivity index (χ2n) is 6.67. The number of hydrogen-bond acceptors (Lipinski definition) is 2. The van der Waals surface area contributed by atoms with E-state index in [4.69, 9.17) is 11.6 Å². The zero-order chi connectivity index (χ0) is 14.1. The molecule has 0 bridgehead atoms. The molecule has 2 aliphatic rings. The van der Waals surface area contributed by atoms with Gasteiger partial charge in [0.1, 0.15) is 0 Å². The normalized spacial score (nSPS) is 26.4. The van der Waals surface area contributed by atoms with Crippen molar-refractivity contribution in [1.82, 2.24) is 0 Å². The van der Waals surface area contributed by atoms with E-state index in [1.165, 1.54) is 44.2 Å². The third-order valence-electron chi connectivity index (χ3n) is 4.80. The Morgan fingerprint density at radius 3 is 2.55 bits per heavy atom. The van der Waals surface area contributed by atoms with Crippen LogP contribution < -0.4 is 10.2 Å². The van der Waals surface area contributed by atoms with E-state index in [1.807, 2.05) is 14.1 Å². The average molecular weight is 293 g/mol. The molecule has 2 nitrogen and oxygen atoms in total. The standard InChI is InChI=1S/C17H25ClN2/c1-20(2)17-9-8-15(11-16(17)18)19-14-5-3-4-13(10-14)12-6-7-12/h8-9,11-14,19H,3-7,10H2,1-2H3. The van der Waals surface area contributed by atoms with Gasteiger partial charge in [0.25, 0.3) is 0 Å². The average Bonchev–Trinajstić information content (AvgIpc) is 3.23. The third-order valence-corrected chi connectivity index (χ3v) is 5.11. The van der Waals surface area contributed by atoms with Crippen LogP contribution in [0.3, 0.4) is 0 Å². The summed E-state index contributed by atoms with van der Waals surface area (Å²) in [6.45, 7) is 0. The van der Waals surface area contributed by atoms with E-state index in [9.17, 15) is 0 Å². The van der Waals surface area contributed by atoms with Gasteiger partial charge >= 0.3 is 0 Å². The molecule has 1 aromatic carbocycles. The first-order valence-corrected chi connectivity index (χ1v) is 8.24. The van der Waals surface area contributed by atoms with E-state index in [2.05, 4.69) is 28.4 Å². The SMILES string of the molecule is CN(C)c1ccc(NC2CCCC(C3CC3)C2)cc1Cl. The topological polar surface area (TPSA) is 15.3 Å². The van der Waals surface area contributed by atoms with Crippen molar-refractivity contribution in [3.8, 4) is 0 Å². The Balaban J connectivity index is 1.63. The third kappa shape index (κ3) is 3.22. The van der Waals surface area contributed by atoms with Crippen molar-refractivity contribution in [2.45, 2.75) is 44.6 Å². The maximum absolute atomic E-state index is 6.35.